The van der Waals surface area contributed by atoms with E-state index in [0.717, 1.165) is 44.3 Å². The number of benzene rings is 1. The van der Waals surface area contributed by atoms with E-state index in [-0.39, 0.29) is 29.4 Å². The molecular weight excluding hydrogens is 533 g/mol. The minimum absolute atomic E-state index is 0.00909. The third-order valence-electron chi connectivity index (χ3n) is 5.08. The molecule has 0 radical (unpaired) electrons. The number of aliphatic carboxylic acids is 1. The van der Waals surface area contributed by atoms with Gasteiger partial charge in [-0.25, -0.2) is 8.42 Å². The number of aromatic hydroxyl groups is 1. The van der Waals surface area contributed by atoms with Crippen molar-refractivity contribution in [3.63, 3.8) is 0 Å². The molecule has 17 heteroatoms. The molecular formula is C19H15F3N4O8S2. The van der Waals surface area contributed by atoms with Gasteiger partial charge in [0.1, 0.15) is 12.3 Å². The Labute approximate surface area is 203 Å². The summed E-state index contributed by atoms with van der Waals surface area (Å²) in [4.78, 5) is 39.8. The molecule has 2 aromatic heterocycles. The summed E-state index contributed by atoms with van der Waals surface area (Å²) in [5.74, 6) is -4.00. The van der Waals surface area contributed by atoms with Crippen LogP contribution in [0.4, 0.5) is 13.2 Å². The highest BCUT2D eigenvalue weighted by Gasteiger charge is 2.34. The van der Waals surface area contributed by atoms with Gasteiger partial charge in [-0.15, -0.1) is 13.2 Å². The smallest absolute Gasteiger partial charge is 0.492 e. The number of amides is 1. The number of hydrogen-bond donors (Lipinski definition) is 3. The van der Waals surface area contributed by atoms with Gasteiger partial charge in [0, 0.05) is 23.5 Å². The maximum Gasteiger partial charge on any atom is 0.573 e. The van der Waals surface area contributed by atoms with Crippen LogP contribution in [0.2, 0.25) is 0 Å². The molecule has 3 heterocycles. The molecule has 1 aliphatic rings. The van der Waals surface area contributed by atoms with Crippen molar-refractivity contribution in [2.75, 3.05) is 13.1 Å². The minimum atomic E-state index is -4.93. The summed E-state index contributed by atoms with van der Waals surface area (Å²) in [5.41, 5.74) is -1.35. The summed E-state index contributed by atoms with van der Waals surface area (Å²) in [6.45, 7) is -1.10. The molecule has 0 spiro atoms. The van der Waals surface area contributed by atoms with Crippen LogP contribution in [0.3, 0.4) is 0 Å². The molecule has 0 saturated heterocycles. The fourth-order valence-corrected chi connectivity index (χ4v) is 6.21. The van der Waals surface area contributed by atoms with Crippen LogP contribution in [0.5, 0.6) is 11.6 Å². The average Bonchev–Trinajstić information content (AvgIpc) is 3.14. The van der Waals surface area contributed by atoms with E-state index in [1.54, 1.807) is 0 Å². The summed E-state index contributed by atoms with van der Waals surface area (Å²) in [6.07, 6.45) is -4.91. The lowest BCUT2D eigenvalue weighted by molar-refractivity contribution is -0.274. The third-order valence-corrected chi connectivity index (χ3v) is 8.01. The number of carboxylic acids is 1. The lowest BCUT2D eigenvalue weighted by Crippen LogP contribution is -2.37. The molecule has 192 valence electrons. The fraction of sp³-hybridized carbons (Fsp3) is 0.263. The van der Waals surface area contributed by atoms with Crippen molar-refractivity contribution in [3.05, 3.63) is 50.8 Å². The van der Waals surface area contributed by atoms with Gasteiger partial charge in [0.05, 0.1) is 11.4 Å². The second-order valence-electron chi connectivity index (χ2n) is 7.39. The van der Waals surface area contributed by atoms with E-state index in [0.29, 0.717) is 10.6 Å². The lowest BCUT2D eigenvalue weighted by atomic mass is 10.2. The molecule has 0 atom stereocenters. The maximum atomic E-state index is 13.0. The first-order chi connectivity index (χ1) is 16.8. The SMILES string of the molecule is O=C(O)CNC(=O)c1c(O)nc2sc3c(n2c1=O)CCN(S(=O)(=O)c1ccc(OC(F)(F)F)cc1)C3. The van der Waals surface area contributed by atoms with Gasteiger partial charge in [-0.2, -0.15) is 9.29 Å². The zero-order valence-electron chi connectivity index (χ0n) is 17.8. The molecule has 0 bridgehead atoms. The second kappa shape index (κ2) is 9.07. The molecule has 1 aromatic carbocycles. The maximum absolute atomic E-state index is 13.0. The Kier molecular flexibility index (Phi) is 6.40. The third kappa shape index (κ3) is 4.84. The van der Waals surface area contributed by atoms with Crippen LogP contribution in [-0.2, 0) is 27.8 Å². The number of halogens is 3. The first-order valence-electron chi connectivity index (χ1n) is 9.90. The number of sulfonamides is 1. The Morgan fingerprint density at radius 1 is 1.22 bits per heavy atom. The van der Waals surface area contributed by atoms with Crippen molar-refractivity contribution >= 4 is 38.2 Å². The molecule has 12 nitrogen and oxygen atoms in total. The van der Waals surface area contributed by atoms with Crippen molar-refractivity contribution in [1.82, 2.24) is 19.0 Å². The van der Waals surface area contributed by atoms with Gasteiger partial charge in [0.2, 0.25) is 15.9 Å². The second-order valence-corrected chi connectivity index (χ2v) is 10.4. The van der Waals surface area contributed by atoms with E-state index in [2.05, 4.69) is 9.72 Å². The van der Waals surface area contributed by atoms with Crippen LogP contribution in [-0.4, -0.2) is 63.6 Å². The summed E-state index contributed by atoms with van der Waals surface area (Å²) >= 11 is 0.905. The Morgan fingerprint density at radius 2 is 1.89 bits per heavy atom. The molecule has 36 heavy (non-hydrogen) atoms. The molecule has 1 aliphatic heterocycles. The number of alkyl halides is 3. The largest absolute Gasteiger partial charge is 0.573 e. The topological polar surface area (TPSA) is 168 Å². The van der Waals surface area contributed by atoms with E-state index in [4.69, 9.17) is 5.11 Å². The van der Waals surface area contributed by atoms with E-state index in [1.165, 1.54) is 0 Å². The summed E-state index contributed by atoms with van der Waals surface area (Å²) in [7, 11) is -4.13. The van der Waals surface area contributed by atoms with Gasteiger partial charge in [-0.05, 0) is 24.3 Å². The summed E-state index contributed by atoms with van der Waals surface area (Å²) in [5, 5.41) is 20.8. The first-order valence-corrected chi connectivity index (χ1v) is 12.2. The quantitative estimate of drug-likeness (QED) is 0.406. The Balaban J connectivity index is 1.64. The number of rotatable bonds is 6. The van der Waals surface area contributed by atoms with E-state index in [1.807, 2.05) is 5.32 Å². The van der Waals surface area contributed by atoms with Crippen LogP contribution in [0.15, 0.2) is 34.0 Å². The fourth-order valence-electron chi connectivity index (χ4n) is 3.55. The number of nitrogens with zero attached hydrogens (tertiary/aromatic N) is 3. The van der Waals surface area contributed by atoms with E-state index in [9.17, 15) is 41.1 Å². The Bertz CT molecular complexity index is 1530. The van der Waals surface area contributed by atoms with Gasteiger partial charge in [-0.3, -0.25) is 18.8 Å². The summed E-state index contributed by atoms with van der Waals surface area (Å²) in [6, 6.07) is 3.70. The molecule has 0 unspecified atom stereocenters. The molecule has 3 aromatic rings. The van der Waals surface area contributed by atoms with Crippen LogP contribution in [0, 0.1) is 0 Å². The molecule has 1 amide bonds. The number of thiazole rings is 1. The molecule has 0 saturated carbocycles. The van der Waals surface area contributed by atoms with Gasteiger partial charge < -0.3 is 20.3 Å². The number of fused-ring (bicyclic) bond motifs is 3. The Hall–Kier alpha value is -3.70. The number of nitrogens with one attached hydrogen (secondary N) is 1. The predicted molar refractivity (Wildman–Crippen MR) is 115 cm³/mol. The molecule has 3 N–H and O–H groups in total. The van der Waals surface area contributed by atoms with Crippen molar-refractivity contribution in [2.45, 2.75) is 24.2 Å². The minimum Gasteiger partial charge on any atom is -0.492 e. The van der Waals surface area contributed by atoms with E-state index < -0.39 is 57.6 Å². The van der Waals surface area contributed by atoms with Crippen molar-refractivity contribution in [3.8, 4) is 11.6 Å². The Morgan fingerprint density at radius 3 is 2.50 bits per heavy atom. The van der Waals surface area contributed by atoms with Gasteiger partial charge >= 0.3 is 12.3 Å². The van der Waals surface area contributed by atoms with E-state index >= 15 is 0 Å². The summed E-state index contributed by atoms with van der Waals surface area (Å²) < 4.78 is 69.0. The highest BCUT2D eigenvalue weighted by molar-refractivity contribution is 7.89. The normalized spacial score (nSPS) is 14.4. The monoisotopic (exact) mass is 548 g/mol. The van der Waals surface area contributed by atoms with Gasteiger partial charge in [-0.1, -0.05) is 11.3 Å². The standard InChI is InChI=1S/C19H15F3N4O8S2/c20-19(21,22)34-9-1-3-10(4-2-9)36(32,33)25-6-5-11-12(8-25)35-18-24-16(30)14(17(31)26(11)18)15(29)23-7-13(27)28/h1-4,30H,5-8H2,(H,23,29)(H,27,28). The highest BCUT2D eigenvalue weighted by atomic mass is 32.2. The molecule has 0 aliphatic carbocycles. The van der Waals surface area contributed by atoms with Crippen molar-refractivity contribution in [1.29, 1.82) is 0 Å². The predicted octanol–water partition coefficient (Wildman–Crippen LogP) is 0.922. The van der Waals surface area contributed by atoms with Crippen LogP contribution >= 0.6 is 11.3 Å². The van der Waals surface area contributed by atoms with Crippen LogP contribution in [0.25, 0.3) is 4.96 Å². The number of aromatic nitrogens is 2. The van der Waals surface area contributed by atoms with Gasteiger partial charge in [0.15, 0.2) is 10.5 Å². The number of hydrogen-bond acceptors (Lipinski definition) is 9. The van der Waals surface area contributed by atoms with Crippen LogP contribution < -0.4 is 15.6 Å². The average molecular weight is 548 g/mol. The number of ether oxygens (including phenoxy) is 1. The number of carboxylic acid groups (broad SMARTS) is 1. The number of carbonyl (C=O) groups excluding carboxylic acids is 1. The highest BCUT2D eigenvalue weighted by Crippen LogP contribution is 2.32. The molecule has 0 fully saturated rings. The number of carbonyl (C=O) groups is 2. The molecule has 4 rings (SSSR count). The first kappa shape index (κ1) is 25.4. The van der Waals surface area contributed by atoms with Crippen LogP contribution in [0.1, 0.15) is 20.9 Å². The zero-order valence-corrected chi connectivity index (χ0v) is 19.4. The lowest BCUT2D eigenvalue weighted by Gasteiger charge is -2.26. The zero-order chi connectivity index (χ0) is 26.4. The van der Waals surface area contributed by atoms with Crippen molar-refractivity contribution < 1.29 is 46.1 Å². The van der Waals surface area contributed by atoms with Gasteiger partial charge in [0.25, 0.3) is 11.5 Å². The van der Waals surface area contributed by atoms with Crippen molar-refractivity contribution in [2.24, 2.45) is 0 Å².